The molecule has 0 aliphatic carbocycles. The van der Waals surface area contributed by atoms with Crippen LogP contribution in [0, 0.1) is 0 Å². The molecule has 6 nitrogen and oxygen atoms in total. The lowest BCUT2D eigenvalue weighted by Crippen LogP contribution is -2.36. The van der Waals surface area contributed by atoms with Gasteiger partial charge < -0.3 is 5.11 Å². The summed E-state index contributed by atoms with van der Waals surface area (Å²) in [5, 5.41) is 8.64. The summed E-state index contributed by atoms with van der Waals surface area (Å²) in [5.41, 5.74) is -0.0207. The zero-order valence-corrected chi connectivity index (χ0v) is 10.6. The molecule has 1 N–H and O–H groups in total. The summed E-state index contributed by atoms with van der Waals surface area (Å²) in [6.07, 6.45) is 3.81. The molecule has 18 heavy (non-hydrogen) atoms. The second kappa shape index (κ2) is 5.03. The number of piperidine rings is 1. The topological polar surface area (TPSA) is 87.6 Å². The Morgan fingerprint density at radius 2 is 1.89 bits per heavy atom. The van der Waals surface area contributed by atoms with Crippen LogP contribution in [0.2, 0.25) is 0 Å². The molecule has 2 rings (SSSR count). The van der Waals surface area contributed by atoms with Crippen LogP contribution >= 0.6 is 0 Å². The van der Waals surface area contributed by atoms with Crippen molar-refractivity contribution in [2.45, 2.75) is 24.3 Å². The van der Waals surface area contributed by atoms with Gasteiger partial charge in [0.15, 0.2) is 5.03 Å². The van der Waals surface area contributed by atoms with Crippen molar-refractivity contribution in [1.29, 1.82) is 0 Å². The molecule has 0 amide bonds. The summed E-state index contributed by atoms with van der Waals surface area (Å²) in [6.45, 7) is 1.01. The molecule has 1 aliphatic heterocycles. The number of nitrogens with zero attached hydrogens (tertiary/aromatic N) is 2. The maximum Gasteiger partial charge on any atom is 0.337 e. The van der Waals surface area contributed by atoms with Gasteiger partial charge in [-0.2, -0.15) is 4.31 Å². The van der Waals surface area contributed by atoms with Crippen LogP contribution in [0.5, 0.6) is 0 Å². The minimum Gasteiger partial charge on any atom is -0.478 e. The van der Waals surface area contributed by atoms with Crippen molar-refractivity contribution in [2.24, 2.45) is 0 Å². The molecule has 0 aromatic carbocycles. The van der Waals surface area contributed by atoms with E-state index in [2.05, 4.69) is 4.98 Å². The molecule has 0 unspecified atom stereocenters. The van der Waals surface area contributed by atoms with Gasteiger partial charge in [0.25, 0.3) is 10.0 Å². The van der Waals surface area contributed by atoms with E-state index >= 15 is 0 Å². The van der Waals surface area contributed by atoms with Crippen LogP contribution < -0.4 is 0 Å². The Morgan fingerprint density at radius 3 is 2.39 bits per heavy atom. The molecule has 2 heterocycles. The Balaban J connectivity index is 2.26. The first-order valence-corrected chi connectivity index (χ1v) is 7.15. The molecule has 1 aromatic heterocycles. The third kappa shape index (κ3) is 2.51. The fraction of sp³-hybridized carbons (Fsp3) is 0.455. The standard InChI is InChI=1S/C11H14N2O4S/c14-11(15)9-4-5-10(12-8-9)18(16,17)13-6-2-1-3-7-13/h4-5,8H,1-3,6-7H2,(H,14,15). The fourth-order valence-electron chi connectivity index (χ4n) is 1.90. The van der Waals surface area contributed by atoms with E-state index in [1.807, 2.05) is 0 Å². The normalized spacial score (nSPS) is 17.6. The molecule has 98 valence electrons. The van der Waals surface area contributed by atoms with Crippen molar-refractivity contribution in [3.05, 3.63) is 23.9 Å². The SMILES string of the molecule is O=C(O)c1ccc(S(=O)(=O)N2CCCCC2)nc1. The largest absolute Gasteiger partial charge is 0.478 e. The van der Waals surface area contributed by atoms with E-state index in [-0.39, 0.29) is 10.6 Å². The zero-order chi connectivity index (χ0) is 13.2. The Morgan fingerprint density at radius 1 is 1.22 bits per heavy atom. The van der Waals surface area contributed by atoms with Gasteiger partial charge in [0.2, 0.25) is 0 Å². The summed E-state index contributed by atoms with van der Waals surface area (Å²) in [5.74, 6) is -1.12. The van der Waals surface area contributed by atoms with Crippen LogP contribution in [-0.2, 0) is 10.0 Å². The molecule has 1 saturated heterocycles. The van der Waals surface area contributed by atoms with Gasteiger partial charge in [0, 0.05) is 19.3 Å². The van der Waals surface area contributed by atoms with Crippen molar-refractivity contribution in [1.82, 2.24) is 9.29 Å². The lowest BCUT2D eigenvalue weighted by atomic mass is 10.2. The third-order valence-electron chi connectivity index (χ3n) is 2.90. The van der Waals surface area contributed by atoms with E-state index in [9.17, 15) is 13.2 Å². The second-order valence-electron chi connectivity index (χ2n) is 4.16. The van der Waals surface area contributed by atoms with E-state index in [0.29, 0.717) is 13.1 Å². The van der Waals surface area contributed by atoms with Crippen molar-refractivity contribution < 1.29 is 18.3 Å². The molecule has 0 saturated carbocycles. The molecule has 0 spiro atoms. The third-order valence-corrected chi connectivity index (χ3v) is 4.72. The van der Waals surface area contributed by atoms with Crippen LogP contribution in [0.3, 0.4) is 0 Å². The summed E-state index contributed by atoms with van der Waals surface area (Å²) in [6, 6.07) is 2.50. The van der Waals surface area contributed by atoms with Crippen LogP contribution in [0.1, 0.15) is 29.6 Å². The van der Waals surface area contributed by atoms with E-state index < -0.39 is 16.0 Å². The lowest BCUT2D eigenvalue weighted by Gasteiger charge is -2.25. The van der Waals surface area contributed by atoms with Gasteiger partial charge in [0.1, 0.15) is 0 Å². The number of carboxylic acids is 1. The molecular formula is C11H14N2O4S. The van der Waals surface area contributed by atoms with Crippen molar-refractivity contribution in [2.75, 3.05) is 13.1 Å². The minimum absolute atomic E-state index is 0.0207. The molecule has 1 aliphatic rings. The summed E-state index contributed by atoms with van der Waals surface area (Å²) < 4.78 is 25.8. The van der Waals surface area contributed by atoms with Gasteiger partial charge in [-0.15, -0.1) is 0 Å². The smallest absolute Gasteiger partial charge is 0.337 e. The van der Waals surface area contributed by atoms with Gasteiger partial charge in [0.05, 0.1) is 5.56 Å². The molecule has 0 atom stereocenters. The minimum atomic E-state index is -3.58. The number of aromatic nitrogens is 1. The summed E-state index contributed by atoms with van der Waals surface area (Å²) in [7, 11) is -3.58. The number of sulfonamides is 1. The maximum absolute atomic E-state index is 12.2. The number of aromatic carboxylic acids is 1. The average molecular weight is 270 g/mol. The highest BCUT2D eigenvalue weighted by Gasteiger charge is 2.27. The van der Waals surface area contributed by atoms with Crippen molar-refractivity contribution >= 4 is 16.0 Å². The van der Waals surface area contributed by atoms with E-state index in [1.165, 1.54) is 16.4 Å². The predicted molar refractivity (Wildman–Crippen MR) is 63.8 cm³/mol. The van der Waals surface area contributed by atoms with Gasteiger partial charge >= 0.3 is 5.97 Å². The van der Waals surface area contributed by atoms with Crippen molar-refractivity contribution in [3.63, 3.8) is 0 Å². The van der Waals surface area contributed by atoms with Gasteiger partial charge in [-0.05, 0) is 25.0 Å². The number of carboxylic acid groups (broad SMARTS) is 1. The fourth-order valence-corrected chi connectivity index (χ4v) is 3.33. The molecule has 1 aromatic rings. The lowest BCUT2D eigenvalue weighted by molar-refractivity contribution is 0.0696. The van der Waals surface area contributed by atoms with Gasteiger partial charge in [-0.1, -0.05) is 6.42 Å². The van der Waals surface area contributed by atoms with Gasteiger partial charge in [-0.25, -0.2) is 18.2 Å². The number of rotatable bonds is 3. The monoisotopic (exact) mass is 270 g/mol. The first-order valence-electron chi connectivity index (χ1n) is 5.71. The second-order valence-corrected chi connectivity index (χ2v) is 6.04. The van der Waals surface area contributed by atoms with E-state index in [1.54, 1.807) is 0 Å². The van der Waals surface area contributed by atoms with Crippen LogP contribution in [0.25, 0.3) is 0 Å². The highest BCUT2D eigenvalue weighted by molar-refractivity contribution is 7.89. The Kier molecular flexibility index (Phi) is 3.63. The zero-order valence-electron chi connectivity index (χ0n) is 9.74. The number of hydrogen-bond donors (Lipinski definition) is 1. The van der Waals surface area contributed by atoms with Crippen molar-refractivity contribution in [3.8, 4) is 0 Å². The van der Waals surface area contributed by atoms with Crippen LogP contribution in [0.4, 0.5) is 0 Å². The van der Waals surface area contributed by atoms with Gasteiger partial charge in [-0.3, -0.25) is 0 Å². The molecule has 7 heteroatoms. The van der Waals surface area contributed by atoms with E-state index in [4.69, 9.17) is 5.11 Å². The molecule has 0 radical (unpaired) electrons. The maximum atomic E-state index is 12.2. The predicted octanol–water partition coefficient (Wildman–Crippen LogP) is 0.954. The molecule has 0 bridgehead atoms. The highest BCUT2D eigenvalue weighted by Crippen LogP contribution is 2.18. The number of pyridine rings is 1. The summed E-state index contributed by atoms with van der Waals surface area (Å²) >= 11 is 0. The number of carbonyl (C=O) groups is 1. The quantitative estimate of drug-likeness (QED) is 0.883. The Bertz CT molecular complexity index is 533. The average Bonchev–Trinajstić information content (AvgIpc) is 2.40. The van der Waals surface area contributed by atoms with Crippen LogP contribution in [-0.4, -0.2) is 41.9 Å². The Labute approximate surface area is 105 Å². The van der Waals surface area contributed by atoms with E-state index in [0.717, 1.165) is 25.5 Å². The first-order chi connectivity index (χ1) is 8.51. The van der Waals surface area contributed by atoms with Crippen LogP contribution in [0.15, 0.2) is 23.4 Å². The molecule has 1 fully saturated rings. The highest BCUT2D eigenvalue weighted by atomic mass is 32.2. The number of hydrogen-bond acceptors (Lipinski definition) is 4. The molecular weight excluding hydrogens is 256 g/mol. The first kappa shape index (κ1) is 13.0. The summed E-state index contributed by atoms with van der Waals surface area (Å²) in [4.78, 5) is 14.4. The Hall–Kier alpha value is -1.47.